The molecule has 2 rings (SSSR count). The van der Waals surface area contributed by atoms with E-state index in [1.807, 2.05) is 25.1 Å². The van der Waals surface area contributed by atoms with Crippen molar-refractivity contribution in [1.29, 1.82) is 0 Å². The molecule has 1 heteroatoms. The van der Waals surface area contributed by atoms with Crippen LogP contribution in [-0.4, -0.2) is 0 Å². The van der Waals surface area contributed by atoms with Gasteiger partial charge in [0.05, 0.1) is 5.54 Å². The number of hydrogen-bond donors (Lipinski definition) is 1. The predicted molar refractivity (Wildman–Crippen MR) is 68.3 cm³/mol. The Kier molecular flexibility index (Phi) is 2.80. The molecule has 2 aromatic rings. The van der Waals surface area contributed by atoms with Crippen LogP contribution in [0.15, 0.2) is 54.6 Å². The third kappa shape index (κ3) is 2.00. The summed E-state index contributed by atoms with van der Waals surface area (Å²) in [6.45, 7) is 4.13. The normalized spacial score (nSPS) is 14.4. The van der Waals surface area contributed by atoms with Crippen LogP contribution in [0.2, 0.25) is 0 Å². The number of nitrogens with two attached hydrogens (primary N) is 1. The second kappa shape index (κ2) is 4.11. The van der Waals surface area contributed by atoms with Crippen LogP contribution in [0.25, 0.3) is 0 Å². The molecule has 0 aromatic heterocycles. The fraction of sp³-hybridized carbons (Fsp3) is 0.200. The Morgan fingerprint density at radius 2 is 1.31 bits per heavy atom. The van der Waals surface area contributed by atoms with Gasteiger partial charge >= 0.3 is 0 Å². The van der Waals surface area contributed by atoms with Gasteiger partial charge in [0.15, 0.2) is 0 Å². The van der Waals surface area contributed by atoms with Gasteiger partial charge in [-0.05, 0) is 25.0 Å². The highest BCUT2D eigenvalue weighted by atomic mass is 14.7. The quantitative estimate of drug-likeness (QED) is 0.811. The first-order valence-corrected chi connectivity index (χ1v) is 5.52. The SMILES string of the molecule is Cc1ccc([C@@](C)(N)c2ccccc2)cc1. The third-order valence-corrected chi connectivity index (χ3v) is 3.02. The smallest absolute Gasteiger partial charge is 0.0636 e. The molecule has 2 aromatic carbocycles. The molecule has 1 nitrogen and oxygen atoms in total. The van der Waals surface area contributed by atoms with E-state index in [0.717, 1.165) is 11.1 Å². The minimum absolute atomic E-state index is 0.422. The van der Waals surface area contributed by atoms with E-state index in [-0.39, 0.29) is 0 Å². The zero-order valence-electron chi connectivity index (χ0n) is 9.77. The van der Waals surface area contributed by atoms with Gasteiger partial charge in [-0.1, -0.05) is 60.2 Å². The predicted octanol–water partition coefficient (Wildman–Crippen LogP) is 3.22. The minimum atomic E-state index is -0.422. The van der Waals surface area contributed by atoms with Crippen LogP contribution in [-0.2, 0) is 5.54 Å². The summed E-state index contributed by atoms with van der Waals surface area (Å²) in [5, 5.41) is 0. The number of hydrogen-bond acceptors (Lipinski definition) is 1. The van der Waals surface area contributed by atoms with Gasteiger partial charge in [-0.2, -0.15) is 0 Å². The van der Waals surface area contributed by atoms with E-state index >= 15 is 0 Å². The summed E-state index contributed by atoms with van der Waals surface area (Å²) in [5.74, 6) is 0. The van der Waals surface area contributed by atoms with Gasteiger partial charge < -0.3 is 5.73 Å². The number of rotatable bonds is 2. The Hall–Kier alpha value is -1.60. The summed E-state index contributed by atoms with van der Waals surface area (Å²) in [5.41, 5.74) is 9.53. The maximum Gasteiger partial charge on any atom is 0.0636 e. The van der Waals surface area contributed by atoms with E-state index in [1.54, 1.807) is 0 Å². The molecule has 0 saturated heterocycles. The van der Waals surface area contributed by atoms with Gasteiger partial charge in [-0.25, -0.2) is 0 Å². The van der Waals surface area contributed by atoms with E-state index in [9.17, 15) is 0 Å². The maximum absolute atomic E-state index is 6.41. The van der Waals surface area contributed by atoms with Gasteiger partial charge in [0.25, 0.3) is 0 Å². The average Bonchev–Trinajstić information content (AvgIpc) is 2.31. The van der Waals surface area contributed by atoms with Gasteiger partial charge in [-0.3, -0.25) is 0 Å². The molecule has 0 radical (unpaired) electrons. The first-order chi connectivity index (χ1) is 7.60. The Morgan fingerprint density at radius 1 is 0.812 bits per heavy atom. The van der Waals surface area contributed by atoms with Crippen molar-refractivity contribution < 1.29 is 0 Å². The summed E-state index contributed by atoms with van der Waals surface area (Å²) >= 11 is 0. The Bertz CT molecular complexity index is 455. The van der Waals surface area contributed by atoms with E-state index in [1.165, 1.54) is 5.56 Å². The highest BCUT2D eigenvalue weighted by molar-refractivity contribution is 5.37. The van der Waals surface area contributed by atoms with Crippen LogP contribution in [0.3, 0.4) is 0 Å². The monoisotopic (exact) mass is 211 g/mol. The summed E-state index contributed by atoms with van der Waals surface area (Å²) in [6.07, 6.45) is 0. The molecule has 0 unspecified atom stereocenters. The average molecular weight is 211 g/mol. The van der Waals surface area contributed by atoms with Crippen molar-refractivity contribution in [2.45, 2.75) is 19.4 Å². The van der Waals surface area contributed by atoms with Crippen molar-refractivity contribution in [1.82, 2.24) is 0 Å². The fourth-order valence-corrected chi connectivity index (χ4v) is 1.85. The molecular weight excluding hydrogens is 194 g/mol. The largest absolute Gasteiger partial charge is 0.318 e. The van der Waals surface area contributed by atoms with Crippen LogP contribution in [0.5, 0.6) is 0 Å². The van der Waals surface area contributed by atoms with Crippen molar-refractivity contribution in [3.8, 4) is 0 Å². The summed E-state index contributed by atoms with van der Waals surface area (Å²) in [6, 6.07) is 18.6. The van der Waals surface area contributed by atoms with Crippen molar-refractivity contribution in [2.24, 2.45) is 5.73 Å². The Labute approximate surface area is 96.9 Å². The Morgan fingerprint density at radius 3 is 1.88 bits per heavy atom. The first-order valence-electron chi connectivity index (χ1n) is 5.52. The highest BCUT2D eigenvalue weighted by Gasteiger charge is 2.22. The molecule has 1 atom stereocenters. The molecular formula is C15H17N. The molecule has 0 spiro atoms. The molecule has 0 amide bonds. The van der Waals surface area contributed by atoms with Crippen molar-refractivity contribution in [3.05, 3.63) is 71.3 Å². The lowest BCUT2D eigenvalue weighted by Gasteiger charge is -2.26. The zero-order chi connectivity index (χ0) is 11.6. The van der Waals surface area contributed by atoms with Crippen molar-refractivity contribution >= 4 is 0 Å². The second-order valence-electron chi connectivity index (χ2n) is 4.43. The van der Waals surface area contributed by atoms with Crippen molar-refractivity contribution in [3.63, 3.8) is 0 Å². The third-order valence-electron chi connectivity index (χ3n) is 3.02. The molecule has 0 aliphatic rings. The van der Waals surface area contributed by atoms with Crippen LogP contribution in [0, 0.1) is 6.92 Å². The molecule has 0 aliphatic heterocycles. The van der Waals surface area contributed by atoms with E-state index in [4.69, 9.17) is 5.73 Å². The number of aryl methyl sites for hydroxylation is 1. The lowest BCUT2D eigenvalue weighted by molar-refractivity contribution is 0.603. The molecule has 2 N–H and O–H groups in total. The zero-order valence-corrected chi connectivity index (χ0v) is 9.77. The fourth-order valence-electron chi connectivity index (χ4n) is 1.85. The number of benzene rings is 2. The molecule has 0 aliphatic carbocycles. The molecule has 16 heavy (non-hydrogen) atoms. The van der Waals surface area contributed by atoms with Crippen LogP contribution in [0.4, 0.5) is 0 Å². The summed E-state index contributed by atoms with van der Waals surface area (Å²) < 4.78 is 0. The van der Waals surface area contributed by atoms with E-state index in [2.05, 4.69) is 43.3 Å². The Balaban J connectivity index is 2.43. The molecule has 82 valence electrons. The maximum atomic E-state index is 6.41. The van der Waals surface area contributed by atoms with Gasteiger partial charge in [0.1, 0.15) is 0 Å². The lowest BCUT2D eigenvalue weighted by Crippen LogP contribution is -2.34. The first kappa shape index (κ1) is 10.9. The standard InChI is InChI=1S/C15H17N/c1-12-8-10-14(11-9-12)15(2,16)13-6-4-3-5-7-13/h3-11H,16H2,1-2H3/t15-/m0/s1. The topological polar surface area (TPSA) is 26.0 Å². The molecule has 0 heterocycles. The van der Waals surface area contributed by atoms with Crippen LogP contribution < -0.4 is 5.73 Å². The summed E-state index contributed by atoms with van der Waals surface area (Å²) in [4.78, 5) is 0. The van der Waals surface area contributed by atoms with Crippen molar-refractivity contribution in [2.75, 3.05) is 0 Å². The lowest BCUT2D eigenvalue weighted by atomic mass is 9.85. The highest BCUT2D eigenvalue weighted by Crippen LogP contribution is 2.26. The molecule has 0 fully saturated rings. The van der Waals surface area contributed by atoms with E-state index < -0.39 is 5.54 Å². The molecule has 0 bridgehead atoms. The molecule has 0 saturated carbocycles. The van der Waals surface area contributed by atoms with Gasteiger partial charge in [-0.15, -0.1) is 0 Å². The van der Waals surface area contributed by atoms with Gasteiger partial charge in [0, 0.05) is 0 Å². The minimum Gasteiger partial charge on any atom is -0.318 e. The van der Waals surface area contributed by atoms with Crippen LogP contribution >= 0.6 is 0 Å². The second-order valence-corrected chi connectivity index (χ2v) is 4.43. The summed E-state index contributed by atoms with van der Waals surface area (Å²) in [7, 11) is 0. The van der Waals surface area contributed by atoms with Crippen LogP contribution in [0.1, 0.15) is 23.6 Å². The van der Waals surface area contributed by atoms with E-state index in [0.29, 0.717) is 0 Å². The van der Waals surface area contributed by atoms with Gasteiger partial charge in [0.2, 0.25) is 0 Å².